The average molecular weight is 228 g/mol. The molecule has 0 saturated carbocycles. The molecule has 0 aromatic heterocycles. The summed E-state index contributed by atoms with van der Waals surface area (Å²) in [5, 5.41) is 0. The Balaban J connectivity index is 3.96. The fourth-order valence-electron chi connectivity index (χ4n) is 0.305. The van der Waals surface area contributed by atoms with E-state index < -0.39 is 11.0 Å². The van der Waals surface area contributed by atoms with Gasteiger partial charge in [-0.05, 0) is 0 Å². The van der Waals surface area contributed by atoms with Crippen LogP contribution in [0, 0.1) is 0 Å². The Hall–Kier alpha value is 1.25. The molecule has 1 nitrogen and oxygen atoms in total. The Morgan fingerprint density at radius 1 is 1.44 bits per heavy atom. The Morgan fingerprint density at radius 3 is 2.00 bits per heavy atom. The Labute approximate surface area is 70.4 Å². The molecule has 1 unspecified atom stereocenters. The van der Waals surface area contributed by atoms with Crippen LogP contribution >= 0.6 is 29.5 Å². The van der Waals surface area contributed by atoms with E-state index in [4.69, 9.17) is 29.5 Å². The van der Waals surface area contributed by atoms with Crippen LogP contribution in [0.15, 0.2) is 3.79 Å². The van der Waals surface area contributed by atoms with E-state index in [1.165, 1.54) is 0 Å². The summed E-state index contributed by atoms with van der Waals surface area (Å²) in [6.07, 6.45) is 0.940. The topological polar surface area (TPSA) is 12.4 Å². The summed E-state index contributed by atoms with van der Waals surface area (Å²) in [5.74, 6) is 0. The van der Waals surface area contributed by atoms with Gasteiger partial charge in [-0.2, -0.15) is 0 Å². The molecular formula is C4H9Cl3NV. The number of halogens is 3. The van der Waals surface area contributed by atoms with Crippen LogP contribution in [0.5, 0.6) is 0 Å². The van der Waals surface area contributed by atoms with Crippen LogP contribution in [0.25, 0.3) is 0 Å². The van der Waals surface area contributed by atoms with Crippen molar-refractivity contribution in [2.75, 3.05) is 0 Å². The number of nitrogens with zero attached hydrogens (tertiary/aromatic N) is 1. The van der Waals surface area contributed by atoms with Gasteiger partial charge in [-0.1, -0.05) is 0 Å². The zero-order valence-corrected chi connectivity index (χ0v) is 8.98. The van der Waals surface area contributed by atoms with Gasteiger partial charge < -0.3 is 0 Å². The first kappa shape index (κ1) is 10.3. The molecule has 9 heavy (non-hydrogen) atoms. The van der Waals surface area contributed by atoms with Gasteiger partial charge in [0.2, 0.25) is 0 Å². The van der Waals surface area contributed by atoms with Gasteiger partial charge in [-0.3, -0.25) is 0 Å². The van der Waals surface area contributed by atoms with Gasteiger partial charge in [-0.25, -0.2) is 0 Å². The summed E-state index contributed by atoms with van der Waals surface area (Å²) in [7, 11) is 13.6. The normalized spacial score (nSPS) is 15.2. The third-order valence-corrected chi connectivity index (χ3v) is 3.02. The molecule has 5 heteroatoms. The standard InChI is InChI=1S/C4H9N.3ClH.V/c1-3-4(2)5;;;;/h4H,3H2,1-2H3;3*1H;/q;;;;+3/p-3. The first-order valence-corrected chi connectivity index (χ1v) is 9.05. The third kappa shape index (κ3) is 7.15. The summed E-state index contributed by atoms with van der Waals surface area (Å²) in [5.41, 5.74) is 0. The van der Waals surface area contributed by atoms with Crippen LogP contribution in [0.1, 0.15) is 20.3 Å². The monoisotopic (exact) mass is 227 g/mol. The minimum absolute atomic E-state index is 0.199. The van der Waals surface area contributed by atoms with E-state index in [2.05, 4.69) is 3.79 Å². The molecule has 0 aliphatic heterocycles. The molecule has 0 heterocycles. The minimum atomic E-state index is -3.00. The molecule has 0 bridgehead atoms. The van der Waals surface area contributed by atoms with E-state index in [0.29, 0.717) is 0 Å². The number of hydrogen-bond donors (Lipinski definition) is 0. The van der Waals surface area contributed by atoms with Gasteiger partial charge >= 0.3 is 70.6 Å². The molecule has 0 amide bonds. The zero-order chi connectivity index (χ0) is 7.49. The van der Waals surface area contributed by atoms with Crippen LogP contribution in [-0.4, -0.2) is 6.04 Å². The van der Waals surface area contributed by atoms with Crippen molar-refractivity contribution in [3.05, 3.63) is 0 Å². The van der Waals surface area contributed by atoms with Crippen molar-refractivity contribution in [2.45, 2.75) is 26.3 Å². The molecule has 0 aromatic rings. The van der Waals surface area contributed by atoms with Crippen molar-refractivity contribution in [1.29, 1.82) is 0 Å². The van der Waals surface area contributed by atoms with Gasteiger partial charge in [0.1, 0.15) is 0 Å². The molecule has 0 N–H and O–H groups in total. The van der Waals surface area contributed by atoms with Gasteiger partial charge in [-0.15, -0.1) is 0 Å². The SMILES string of the molecule is CCC(C)[N]=[V]([Cl])([Cl])[Cl]. The summed E-state index contributed by atoms with van der Waals surface area (Å²) in [6, 6.07) is 0.199. The van der Waals surface area contributed by atoms with Crippen molar-refractivity contribution < 1.29 is 11.0 Å². The maximum absolute atomic E-state index is 5.54. The number of hydrogen-bond acceptors (Lipinski definition) is 1. The Morgan fingerprint density at radius 2 is 1.89 bits per heavy atom. The molecular weight excluding hydrogens is 219 g/mol. The van der Waals surface area contributed by atoms with Crippen molar-refractivity contribution >= 4 is 29.5 Å². The zero-order valence-electron chi connectivity index (χ0n) is 5.31. The van der Waals surface area contributed by atoms with Crippen LogP contribution < -0.4 is 0 Å². The fourth-order valence-corrected chi connectivity index (χ4v) is 3.10. The molecule has 0 aliphatic carbocycles. The first-order chi connectivity index (χ1) is 3.95. The Kier molecular flexibility index (Phi) is 4.78. The number of rotatable bonds is 2. The van der Waals surface area contributed by atoms with Crippen LogP contribution in [-0.2, 0) is 11.0 Å². The van der Waals surface area contributed by atoms with Crippen molar-refractivity contribution in [2.24, 2.45) is 3.79 Å². The molecule has 0 aromatic carbocycles. The maximum atomic E-state index is 5.54. The van der Waals surface area contributed by atoms with Crippen LogP contribution in [0.4, 0.5) is 0 Å². The quantitative estimate of drug-likeness (QED) is 0.685. The molecule has 0 saturated heterocycles. The Bertz CT molecular complexity index is 122. The predicted molar refractivity (Wildman–Crippen MR) is 39.7 cm³/mol. The van der Waals surface area contributed by atoms with Crippen molar-refractivity contribution in [3.63, 3.8) is 0 Å². The van der Waals surface area contributed by atoms with E-state index in [9.17, 15) is 0 Å². The summed E-state index contributed by atoms with van der Waals surface area (Å²) >= 11 is 0. The van der Waals surface area contributed by atoms with Crippen LogP contribution in [0.2, 0.25) is 0 Å². The molecule has 0 spiro atoms. The van der Waals surface area contributed by atoms with Gasteiger partial charge in [0.25, 0.3) is 0 Å². The van der Waals surface area contributed by atoms with E-state index in [0.717, 1.165) is 6.42 Å². The summed E-state index contributed by atoms with van der Waals surface area (Å²) < 4.78 is 4.00. The molecule has 56 valence electrons. The second-order valence-electron chi connectivity index (χ2n) is 1.79. The second kappa shape index (κ2) is 4.20. The van der Waals surface area contributed by atoms with E-state index in [-0.39, 0.29) is 6.04 Å². The molecule has 1 atom stereocenters. The van der Waals surface area contributed by atoms with E-state index in [1.54, 1.807) is 0 Å². The van der Waals surface area contributed by atoms with Gasteiger partial charge in [0.05, 0.1) is 0 Å². The predicted octanol–water partition coefficient (Wildman–Crippen LogP) is 3.58. The van der Waals surface area contributed by atoms with E-state index >= 15 is 0 Å². The van der Waals surface area contributed by atoms with Crippen molar-refractivity contribution in [1.82, 2.24) is 0 Å². The second-order valence-corrected chi connectivity index (χ2v) is 11.7. The molecule has 0 radical (unpaired) electrons. The van der Waals surface area contributed by atoms with Crippen LogP contribution in [0.3, 0.4) is 0 Å². The summed E-state index contributed by atoms with van der Waals surface area (Å²) in [4.78, 5) is 0. The summed E-state index contributed by atoms with van der Waals surface area (Å²) in [6.45, 7) is 3.97. The molecule has 0 rings (SSSR count). The molecule has 0 fully saturated rings. The third-order valence-electron chi connectivity index (χ3n) is 0.919. The van der Waals surface area contributed by atoms with Gasteiger partial charge in [0, 0.05) is 0 Å². The van der Waals surface area contributed by atoms with E-state index in [1.807, 2.05) is 13.8 Å². The molecule has 0 aliphatic rings. The fraction of sp³-hybridized carbons (Fsp3) is 1.00. The average Bonchev–Trinajstić information content (AvgIpc) is 1.62. The first-order valence-electron chi connectivity index (χ1n) is 2.66. The van der Waals surface area contributed by atoms with Gasteiger partial charge in [0.15, 0.2) is 0 Å². The van der Waals surface area contributed by atoms with Crippen molar-refractivity contribution in [3.8, 4) is 0 Å².